The summed E-state index contributed by atoms with van der Waals surface area (Å²) in [7, 11) is 0. The molecule has 30 heavy (non-hydrogen) atoms. The van der Waals surface area contributed by atoms with Crippen LogP contribution in [0.15, 0.2) is 47.4 Å². The fraction of sp³-hybridized carbons (Fsp3) is 0.273. The Bertz CT molecular complexity index is 958. The Morgan fingerprint density at radius 1 is 1.13 bits per heavy atom. The standard InChI is InChI=1S/C22H23ClN2O4S/c1-3-24(4-2)17-8-5-15(19(26)14-17)13-20-21(27)25(22(28)30-20)11-12-29-18-9-6-16(23)7-10-18/h5-10,13-14,26H,3-4,11-12H2,1-2H3/b20-13-. The molecule has 3 rings (SSSR count). The van der Waals surface area contributed by atoms with Crippen molar-refractivity contribution in [1.29, 1.82) is 0 Å². The summed E-state index contributed by atoms with van der Waals surface area (Å²) in [6.07, 6.45) is 1.55. The van der Waals surface area contributed by atoms with Gasteiger partial charge in [0.15, 0.2) is 0 Å². The number of phenolic OH excluding ortho intramolecular Hbond substituents is 1. The minimum atomic E-state index is -0.392. The molecule has 6 nitrogen and oxygen atoms in total. The highest BCUT2D eigenvalue weighted by Gasteiger charge is 2.35. The van der Waals surface area contributed by atoms with Crippen molar-refractivity contribution in [2.24, 2.45) is 0 Å². The van der Waals surface area contributed by atoms with E-state index >= 15 is 0 Å². The highest BCUT2D eigenvalue weighted by Crippen LogP contribution is 2.34. The van der Waals surface area contributed by atoms with Crippen LogP contribution in [0.4, 0.5) is 10.5 Å². The van der Waals surface area contributed by atoms with Gasteiger partial charge in [-0.05, 0) is 68.1 Å². The van der Waals surface area contributed by atoms with Gasteiger partial charge in [0.05, 0.1) is 11.4 Å². The summed E-state index contributed by atoms with van der Waals surface area (Å²) in [6, 6.07) is 12.2. The smallest absolute Gasteiger partial charge is 0.293 e. The zero-order valence-electron chi connectivity index (χ0n) is 16.8. The van der Waals surface area contributed by atoms with Crippen LogP contribution >= 0.6 is 23.4 Å². The number of thioether (sulfide) groups is 1. The van der Waals surface area contributed by atoms with Crippen LogP contribution in [0.5, 0.6) is 11.5 Å². The number of aromatic hydroxyl groups is 1. The van der Waals surface area contributed by atoms with E-state index in [1.165, 1.54) is 0 Å². The van der Waals surface area contributed by atoms with Gasteiger partial charge in [0, 0.05) is 35.4 Å². The molecule has 2 amide bonds. The molecule has 0 atom stereocenters. The number of phenols is 1. The second-order valence-electron chi connectivity index (χ2n) is 6.55. The molecule has 1 heterocycles. The molecule has 0 aliphatic carbocycles. The molecule has 1 N–H and O–H groups in total. The van der Waals surface area contributed by atoms with Crippen molar-refractivity contribution in [3.63, 3.8) is 0 Å². The molecule has 2 aromatic carbocycles. The maximum atomic E-state index is 12.6. The predicted molar refractivity (Wildman–Crippen MR) is 121 cm³/mol. The Morgan fingerprint density at radius 3 is 2.47 bits per heavy atom. The van der Waals surface area contributed by atoms with Crippen LogP contribution in [0.25, 0.3) is 6.08 Å². The van der Waals surface area contributed by atoms with Crippen molar-refractivity contribution in [3.8, 4) is 11.5 Å². The quantitative estimate of drug-likeness (QED) is 0.575. The number of imide groups is 1. The van der Waals surface area contributed by atoms with Crippen LogP contribution in [0.1, 0.15) is 19.4 Å². The zero-order valence-corrected chi connectivity index (χ0v) is 18.4. The van der Waals surface area contributed by atoms with Gasteiger partial charge < -0.3 is 14.7 Å². The fourth-order valence-corrected chi connectivity index (χ4v) is 4.04. The molecular weight excluding hydrogens is 424 g/mol. The average molecular weight is 447 g/mol. The lowest BCUT2D eigenvalue weighted by Gasteiger charge is -2.21. The van der Waals surface area contributed by atoms with Crippen molar-refractivity contribution >= 4 is 46.3 Å². The topological polar surface area (TPSA) is 70.1 Å². The number of nitrogens with zero attached hydrogens (tertiary/aromatic N) is 2. The summed E-state index contributed by atoms with van der Waals surface area (Å²) in [5, 5.41) is 10.6. The van der Waals surface area contributed by atoms with Crippen LogP contribution in [0.3, 0.4) is 0 Å². The summed E-state index contributed by atoms with van der Waals surface area (Å²) in [5.41, 5.74) is 1.40. The molecule has 1 saturated heterocycles. The van der Waals surface area contributed by atoms with E-state index in [2.05, 4.69) is 4.90 Å². The number of hydrogen-bond acceptors (Lipinski definition) is 6. The van der Waals surface area contributed by atoms with Crippen LogP contribution in [-0.2, 0) is 4.79 Å². The van der Waals surface area contributed by atoms with Gasteiger partial charge in [-0.25, -0.2) is 0 Å². The third-order valence-electron chi connectivity index (χ3n) is 4.70. The second kappa shape index (κ2) is 9.91. The number of halogens is 1. The average Bonchev–Trinajstić information content (AvgIpc) is 2.99. The van der Waals surface area contributed by atoms with Gasteiger partial charge in [0.1, 0.15) is 18.1 Å². The number of benzene rings is 2. The van der Waals surface area contributed by atoms with E-state index in [0.717, 1.165) is 35.4 Å². The summed E-state index contributed by atoms with van der Waals surface area (Å²) in [6.45, 7) is 6.05. The number of carbonyl (C=O) groups excluding carboxylic acids is 2. The zero-order chi connectivity index (χ0) is 21.7. The molecule has 0 radical (unpaired) electrons. The van der Waals surface area contributed by atoms with Crippen molar-refractivity contribution < 1.29 is 19.4 Å². The van der Waals surface area contributed by atoms with Crippen molar-refractivity contribution in [1.82, 2.24) is 4.90 Å². The molecule has 0 unspecified atom stereocenters. The first-order valence-corrected chi connectivity index (χ1v) is 10.8. The highest BCUT2D eigenvalue weighted by molar-refractivity contribution is 8.18. The van der Waals surface area contributed by atoms with E-state index < -0.39 is 5.91 Å². The minimum Gasteiger partial charge on any atom is -0.507 e. The van der Waals surface area contributed by atoms with Crippen LogP contribution in [0.2, 0.25) is 5.02 Å². The van der Waals surface area contributed by atoms with E-state index in [1.807, 2.05) is 19.9 Å². The van der Waals surface area contributed by atoms with E-state index in [4.69, 9.17) is 16.3 Å². The highest BCUT2D eigenvalue weighted by atomic mass is 35.5. The Balaban J connectivity index is 1.66. The molecule has 1 aliphatic rings. The van der Waals surface area contributed by atoms with Crippen LogP contribution in [0, 0.1) is 0 Å². The Labute approximate surface area is 185 Å². The van der Waals surface area contributed by atoms with E-state index in [9.17, 15) is 14.7 Å². The lowest BCUT2D eigenvalue weighted by molar-refractivity contribution is -0.123. The molecule has 0 spiro atoms. The lowest BCUT2D eigenvalue weighted by Crippen LogP contribution is -2.32. The largest absolute Gasteiger partial charge is 0.507 e. The number of rotatable bonds is 8. The second-order valence-corrected chi connectivity index (χ2v) is 7.98. The van der Waals surface area contributed by atoms with Crippen molar-refractivity contribution in [2.45, 2.75) is 13.8 Å². The molecular formula is C22H23ClN2O4S. The number of anilines is 1. The molecule has 0 aromatic heterocycles. The first kappa shape index (κ1) is 22.1. The molecule has 1 aliphatic heterocycles. The van der Waals surface area contributed by atoms with Gasteiger partial charge in [-0.3, -0.25) is 14.5 Å². The van der Waals surface area contributed by atoms with Gasteiger partial charge >= 0.3 is 0 Å². The maximum absolute atomic E-state index is 12.6. The Kier molecular flexibility index (Phi) is 7.29. The van der Waals surface area contributed by atoms with Gasteiger partial charge in [0.2, 0.25) is 0 Å². The van der Waals surface area contributed by atoms with Crippen molar-refractivity contribution in [2.75, 3.05) is 31.1 Å². The number of ether oxygens (including phenoxy) is 1. The normalized spacial score (nSPS) is 15.2. The Hall–Kier alpha value is -2.64. The summed E-state index contributed by atoms with van der Waals surface area (Å²) >= 11 is 6.69. The Morgan fingerprint density at radius 2 is 1.83 bits per heavy atom. The number of hydrogen-bond donors (Lipinski definition) is 1. The van der Waals surface area contributed by atoms with Crippen molar-refractivity contribution in [3.05, 3.63) is 58.0 Å². The monoisotopic (exact) mass is 446 g/mol. The van der Waals surface area contributed by atoms with Gasteiger partial charge in [-0.2, -0.15) is 0 Å². The molecule has 8 heteroatoms. The minimum absolute atomic E-state index is 0.0669. The molecule has 1 fully saturated rings. The first-order chi connectivity index (χ1) is 14.4. The number of amides is 2. The third kappa shape index (κ3) is 5.09. The molecule has 0 saturated carbocycles. The fourth-order valence-electron chi connectivity index (χ4n) is 3.06. The van der Waals surface area contributed by atoms with Gasteiger partial charge in [0.25, 0.3) is 11.1 Å². The number of carbonyl (C=O) groups is 2. The first-order valence-electron chi connectivity index (χ1n) is 9.64. The SMILES string of the molecule is CCN(CC)c1ccc(/C=C2\SC(=O)N(CCOc3ccc(Cl)cc3)C2=O)c(O)c1. The molecule has 2 aromatic rings. The van der Waals surface area contributed by atoms with E-state index in [0.29, 0.717) is 16.3 Å². The summed E-state index contributed by atoms with van der Waals surface area (Å²) < 4.78 is 5.57. The summed E-state index contributed by atoms with van der Waals surface area (Å²) in [5.74, 6) is 0.286. The van der Waals surface area contributed by atoms with Crippen LogP contribution < -0.4 is 9.64 Å². The van der Waals surface area contributed by atoms with Crippen LogP contribution in [-0.4, -0.2) is 47.4 Å². The maximum Gasteiger partial charge on any atom is 0.293 e. The summed E-state index contributed by atoms with van der Waals surface area (Å²) in [4.78, 5) is 28.4. The lowest BCUT2D eigenvalue weighted by atomic mass is 10.1. The van der Waals surface area contributed by atoms with Gasteiger partial charge in [-0.1, -0.05) is 11.6 Å². The third-order valence-corrected chi connectivity index (χ3v) is 5.86. The van der Waals surface area contributed by atoms with E-state index in [1.54, 1.807) is 42.5 Å². The van der Waals surface area contributed by atoms with E-state index in [-0.39, 0.29) is 29.0 Å². The van der Waals surface area contributed by atoms with Gasteiger partial charge in [-0.15, -0.1) is 0 Å². The molecule has 0 bridgehead atoms. The predicted octanol–water partition coefficient (Wildman–Crippen LogP) is 5.01. The molecule has 158 valence electrons.